The smallest absolute Gasteiger partial charge is 0.354 e. The number of carbonyl (C=O) groups is 1. The van der Waals surface area contributed by atoms with Crippen molar-refractivity contribution in [3.63, 3.8) is 0 Å². The number of nitrogens with one attached hydrogen (secondary N) is 1. The average molecular weight is 501 g/mol. The van der Waals surface area contributed by atoms with E-state index in [0.29, 0.717) is 11.3 Å². The lowest BCUT2D eigenvalue weighted by Gasteiger charge is -2.31. The van der Waals surface area contributed by atoms with Crippen LogP contribution in [0.3, 0.4) is 0 Å². The first-order valence-corrected chi connectivity index (χ1v) is 11.9. The Morgan fingerprint density at radius 3 is 2.54 bits per heavy atom. The maximum atomic E-state index is 14.6. The molecule has 0 fully saturated rings. The number of nitrogens with zero attached hydrogens (tertiary/aromatic N) is 2. The Labute approximate surface area is 198 Å². The highest BCUT2D eigenvalue weighted by molar-refractivity contribution is 7.94. The van der Waals surface area contributed by atoms with Crippen molar-refractivity contribution in [2.24, 2.45) is 0 Å². The highest BCUT2D eigenvalue weighted by Gasteiger charge is 2.36. The summed E-state index contributed by atoms with van der Waals surface area (Å²) in [6.07, 6.45) is 0. The summed E-state index contributed by atoms with van der Waals surface area (Å²) in [6.45, 7) is 0.804. The molecule has 0 atom stereocenters. The molecule has 5 rings (SSSR count). The van der Waals surface area contributed by atoms with Gasteiger partial charge in [-0.3, -0.25) is 4.72 Å². The van der Waals surface area contributed by atoms with Gasteiger partial charge in [-0.2, -0.15) is 8.42 Å². The average Bonchev–Trinajstić information content (AvgIpc) is 3.08. The van der Waals surface area contributed by atoms with E-state index >= 15 is 0 Å². The van der Waals surface area contributed by atoms with Crippen molar-refractivity contribution < 1.29 is 31.5 Å². The van der Waals surface area contributed by atoms with Gasteiger partial charge in [0, 0.05) is 10.9 Å². The molecule has 0 amide bonds. The number of carboxylic acid groups (broad SMARTS) is 1. The molecule has 2 heterocycles. The van der Waals surface area contributed by atoms with Crippen molar-refractivity contribution in [2.75, 3.05) is 9.03 Å². The van der Waals surface area contributed by atoms with E-state index in [1.807, 2.05) is 0 Å². The lowest BCUT2D eigenvalue weighted by atomic mass is 10.1. The zero-order valence-corrected chi connectivity index (χ0v) is 19.0. The molecule has 7 nitrogen and oxygen atoms in total. The Hall–Kier alpha value is -3.99. The maximum absolute atomic E-state index is 14.6. The van der Waals surface area contributed by atoms with Gasteiger partial charge in [0.05, 0.1) is 30.0 Å². The molecule has 0 unspecified atom stereocenters. The van der Waals surface area contributed by atoms with Gasteiger partial charge in [-0.15, -0.1) is 0 Å². The number of aromatic nitrogens is 1. The molecule has 0 spiro atoms. The molecule has 0 bridgehead atoms. The number of anilines is 2. The van der Waals surface area contributed by atoms with E-state index in [1.54, 1.807) is 24.3 Å². The molecule has 180 valence electrons. The van der Waals surface area contributed by atoms with E-state index in [0.717, 1.165) is 33.1 Å². The van der Waals surface area contributed by atoms with E-state index in [4.69, 9.17) is 0 Å². The SMILES string of the molecule is Cc1cc2c(N3Cc4ccccc4NS3(=O)=O)c(C(=O)O)n(Cc3cc(F)ccc3F)c2cc1F. The summed E-state index contributed by atoms with van der Waals surface area (Å²) < 4.78 is 73.7. The summed E-state index contributed by atoms with van der Waals surface area (Å²) >= 11 is 0. The van der Waals surface area contributed by atoms with Gasteiger partial charge in [0.15, 0.2) is 5.69 Å². The summed E-state index contributed by atoms with van der Waals surface area (Å²) in [6, 6.07) is 11.8. The Morgan fingerprint density at radius 2 is 1.80 bits per heavy atom. The molecular weight excluding hydrogens is 483 g/mol. The van der Waals surface area contributed by atoms with Crippen LogP contribution in [-0.2, 0) is 23.3 Å². The second-order valence-electron chi connectivity index (χ2n) is 8.21. The van der Waals surface area contributed by atoms with Gasteiger partial charge >= 0.3 is 16.2 Å². The molecule has 0 radical (unpaired) electrons. The lowest BCUT2D eigenvalue weighted by molar-refractivity contribution is 0.0687. The molecule has 1 aliphatic heterocycles. The van der Waals surface area contributed by atoms with Crippen LogP contribution in [0.15, 0.2) is 54.6 Å². The maximum Gasteiger partial charge on any atom is 0.354 e. The normalized spacial score (nSPS) is 14.6. The molecule has 35 heavy (non-hydrogen) atoms. The zero-order chi connectivity index (χ0) is 25.1. The fraction of sp³-hybridized carbons (Fsp3) is 0.125. The van der Waals surface area contributed by atoms with Crippen LogP contribution >= 0.6 is 0 Å². The van der Waals surface area contributed by atoms with Crippen LogP contribution in [0.4, 0.5) is 24.5 Å². The molecular formula is C24H18F3N3O4S. The van der Waals surface area contributed by atoms with E-state index in [1.165, 1.54) is 13.0 Å². The number of halogens is 3. The second kappa shape index (κ2) is 8.05. The van der Waals surface area contributed by atoms with Gasteiger partial charge in [-0.05, 0) is 54.4 Å². The molecule has 0 saturated heterocycles. The van der Waals surface area contributed by atoms with Crippen LogP contribution < -0.4 is 9.03 Å². The van der Waals surface area contributed by atoms with Crippen molar-refractivity contribution in [1.82, 2.24) is 4.57 Å². The Bertz CT molecular complexity index is 1630. The van der Waals surface area contributed by atoms with Crippen LogP contribution in [0.2, 0.25) is 0 Å². The van der Waals surface area contributed by atoms with Crippen molar-refractivity contribution in [3.8, 4) is 0 Å². The number of benzene rings is 3. The zero-order valence-electron chi connectivity index (χ0n) is 18.2. The Balaban J connectivity index is 1.82. The predicted molar refractivity (Wildman–Crippen MR) is 124 cm³/mol. The van der Waals surface area contributed by atoms with Crippen LogP contribution in [0.5, 0.6) is 0 Å². The van der Waals surface area contributed by atoms with Crippen molar-refractivity contribution >= 4 is 38.5 Å². The third kappa shape index (κ3) is 3.77. The molecule has 1 aliphatic rings. The first-order valence-electron chi connectivity index (χ1n) is 10.4. The molecule has 4 aromatic rings. The van der Waals surface area contributed by atoms with Crippen LogP contribution in [-0.4, -0.2) is 24.1 Å². The van der Waals surface area contributed by atoms with E-state index in [2.05, 4.69) is 4.72 Å². The first-order chi connectivity index (χ1) is 16.6. The minimum absolute atomic E-state index is 0.0261. The first kappa shape index (κ1) is 22.8. The van der Waals surface area contributed by atoms with E-state index in [-0.39, 0.29) is 34.3 Å². The van der Waals surface area contributed by atoms with Gasteiger partial charge in [0.1, 0.15) is 17.5 Å². The fourth-order valence-corrected chi connectivity index (χ4v) is 5.64. The topological polar surface area (TPSA) is 91.6 Å². The number of para-hydroxylation sites is 1. The minimum Gasteiger partial charge on any atom is -0.477 e. The van der Waals surface area contributed by atoms with Crippen molar-refractivity contribution in [3.05, 3.63) is 94.4 Å². The number of carboxylic acids is 1. The van der Waals surface area contributed by atoms with Crippen molar-refractivity contribution in [1.29, 1.82) is 0 Å². The highest BCUT2D eigenvalue weighted by atomic mass is 32.2. The standard InChI is InChI=1S/C24H18F3N3O4S/c1-13-8-17-21(10-19(13)27)29(11-15-9-16(25)6-7-18(15)26)23(24(31)32)22(17)30-12-14-4-2-3-5-20(14)28-35(30,33)34/h2-10,28H,11-12H2,1H3,(H,31,32). The number of hydrogen-bond acceptors (Lipinski definition) is 3. The summed E-state index contributed by atoms with van der Waals surface area (Å²) in [7, 11) is -4.26. The molecule has 1 aromatic heterocycles. The summed E-state index contributed by atoms with van der Waals surface area (Å²) in [4.78, 5) is 12.5. The van der Waals surface area contributed by atoms with Gasteiger partial charge in [-0.25, -0.2) is 22.3 Å². The van der Waals surface area contributed by atoms with Crippen molar-refractivity contribution in [2.45, 2.75) is 20.0 Å². The molecule has 2 N–H and O–H groups in total. The molecule has 0 saturated carbocycles. The fourth-order valence-electron chi connectivity index (χ4n) is 4.32. The number of fused-ring (bicyclic) bond motifs is 2. The number of rotatable bonds is 4. The quantitative estimate of drug-likeness (QED) is 0.421. The Kier molecular flexibility index (Phi) is 5.24. The minimum atomic E-state index is -4.26. The number of hydrogen-bond donors (Lipinski definition) is 2. The highest BCUT2D eigenvalue weighted by Crippen LogP contribution is 2.41. The third-order valence-corrected chi connectivity index (χ3v) is 7.34. The van der Waals surface area contributed by atoms with E-state index in [9.17, 15) is 31.5 Å². The third-order valence-electron chi connectivity index (χ3n) is 5.97. The van der Waals surface area contributed by atoms with Crippen LogP contribution in [0, 0.1) is 24.4 Å². The summed E-state index contributed by atoms with van der Waals surface area (Å²) in [5.74, 6) is -3.71. The lowest BCUT2D eigenvalue weighted by Crippen LogP contribution is -2.40. The summed E-state index contributed by atoms with van der Waals surface area (Å²) in [5.41, 5.74) is 0.253. The van der Waals surface area contributed by atoms with Gasteiger partial charge in [0.25, 0.3) is 0 Å². The monoisotopic (exact) mass is 501 g/mol. The predicted octanol–water partition coefficient (Wildman–Crippen LogP) is 4.79. The summed E-state index contributed by atoms with van der Waals surface area (Å²) in [5, 5.41) is 10.3. The second-order valence-corrected chi connectivity index (χ2v) is 9.81. The van der Waals surface area contributed by atoms with Gasteiger partial charge < -0.3 is 9.67 Å². The Morgan fingerprint density at radius 1 is 1.06 bits per heavy atom. The molecule has 3 aromatic carbocycles. The number of aromatic carboxylic acids is 1. The van der Waals surface area contributed by atoms with E-state index < -0.39 is 45.9 Å². The van der Waals surface area contributed by atoms with Gasteiger partial charge in [0.2, 0.25) is 0 Å². The molecule has 0 aliphatic carbocycles. The van der Waals surface area contributed by atoms with Crippen LogP contribution in [0.25, 0.3) is 10.9 Å². The number of aryl methyl sites for hydroxylation is 1. The molecule has 11 heteroatoms. The van der Waals surface area contributed by atoms with Crippen LogP contribution in [0.1, 0.15) is 27.2 Å². The van der Waals surface area contributed by atoms with Gasteiger partial charge in [-0.1, -0.05) is 18.2 Å². The largest absolute Gasteiger partial charge is 0.477 e.